The highest BCUT2D eigenvalue weighted by atomic mass is 16.5. The maximum Gasteiger partial charge on any atom is 0.141 e. The lowest BCUT2D eigenvalue weighted by atomic mass is 9.85. The molecule has 18 heavy (non-hydrogen) atoms. The van der Waals surface area contributed by atoms with E-state index in [4.69, 9.17) is 4.74 Å². The third-order valence-electron chi connectivity index (χ3n) is 3.57. The Bertz CT molecular complexity index is 386. The van der Waals surface area contributed by atoms with Crippen molar-refractivity contribution in [2.45, 2.75) is 25.8 Å². The Kier molecular flexibility index (Phi) is 4.48. The Morgan fingerprint density at radius 2 is 2.11 bits per heavy atom. The van der Waals surface area contributed by atoms with Gasteiger partial charge in [0.25, 0.3) is 0 Å². The van der Waals surface area contributed by atoms with Crippen molar-refractivity contribution in [3.8, 4) is 5.75 Å². The van der Waals surface area contributed by atoms with Crippen molar-refractivity contribution >= 4 is 5.69 Å². The predicted octanol–water partition coefficient (Wildman–Crippen LogP) is 2.97. The Balaban J connectivity index is 2.03. The molecule has 2 rings (SSSR count). The van der Waals surface area contributed by atoms with Gasteiger partial charge in [-0.25, -0.2) is 0 Å². The molecule has 3 nitrogen and oxygen atoms in total. The second kappa shape index (κ2) is 6.10. The zero-order chi connectivity index (χ0) is 13.0. The van der Waals surface area contributed by atoms with Crippen molar-refractivity contribution in [2.24, 2.45) is 5.92 Å². The minimum Gasteiger partial charge on any atom is -0.495 e. The summed E-state index contributed by atoms with van der Waals surface area (Å²) in [4.78, 5) is 2.18. The highest BCUT2D eigenvalue weighted by molar-refractivity contribution is 5.58. The number of hydrogen-bond acceptors (Lipinski definition) is 3. The fourth-order valence-electron chi connectivity index (χ4n) is 2.31. The zero-order valence-corrected chi connectivity index (χ0v) is 11.7. The quantitative estimate of drug-likeness (QED) is 0.837. The van der Waals surface area contributed by atoms with E-state index in [1.807, 2.05) is 0 Å². The summed E-state index contributed by atoms with van der Waals surface area (Å²) >= 11 is 0. The molecule has 0 aromatic heterocycles. The Hall–Kier alpha value is -1.22. The van der Waals surface area contributed by atoms with Gasteiger partial charge < -0.3 is 15.0 Å². The number of nitrogens with one attached hydrogen (secondary N) is 1. The molecule has 1 aliphatic rings. The van der Waals surface area contributed by atoms with E-state index in [-0.39, 0.29) is 0 Å². The van der Waals surface area contributed by atoms with Gasteiger partial charge in [0.15, 0.2) is 0 Å². The van der Waals surface area contributed by atoms with Crippen LogP contribution in [0.15, 0.2) is 18.2 Å². The molecule has 0 aliphatic heterocycles. The minimum absolute atomic E-state index is 0.854. The lowest BCUT2D eigenvalue weighted by molar-refractivity contribution is 0.332. The van der Waals surface area contributed by atoms with Crippen LogP contribution in [0.5, 0.6) is 5.75 Å². The second-order valence-corrected chi connectivity index (χ2v) is 5.45. The van der Waals surface area contributed by atoms with Crippen molar-refractivity contribution in [2.75, 3.05) is 33.1 Å². The van der Waals surface area contributed by atoms with Gasteiger partial charge in [0.1, 0.15) is 5.75 Å². The van der Waals surface area contributed by atoms with Gasteiger partial charge in [-0.3, -0.25) is 0 Å². The highest BCUT2D eigenvalue weighted by Gasteiger charge is 2.17. The lowest BCUT2D eigenvalue weighted by Crippen LogP contribution is -2.21. The predicted molar refractivity (Wildman–Crippen MR) is 76.2 cm³/mol. The van der Waals surface area contributed by atoms with Gasteiger partial charge in [0.2, 0.25) is 0 Å². The van der Waals surface area contributed by atoms with Crippen LogP contribution < -0.4 is 10.1 Å². The molecule has 1 aromatic rings. The van der Waals surface area contributed by atoms with Gasteiger partial charge in [-0.15, -0.1) is 0 Å². The topological polar surface area (TPSA) is 24.5 Å². The second-order valence-electron chi connectivity index (χ2n) is 5.45. The van der Waals surface area contributed by atoms with Gasteiger partial charge in [-0.05, 0) is 50.6 Å². The number of ether oxygens (including phenoxy) is 1. The fourth-order valence-corrected chi connectivity index (χ4v) is 2.31. The molecule has 0 amide bonds. The summed E-state index contributed by atoms with van der Waals surface area (Å²) in [5.41, 5.74) is 2.45. The van der Waals surface area contributed by atoms with Crippen molar-refractivity contribution in [3.05, 3.63) is 23.8 Å². The van der Waals surface area contributed by atoms with E-state index in [9.17, 15) is 0 Å². The number of nitrogens with zero attached hydrogens (tertiary/aromatic N) is 1. The van der Waals surface area contributed by atoms with Gasteiger partial charge in [-0.1, -0.05) is 12.5 Å². The number of methoxy groups -OCH3 is 1. The molecule has 100 valence electrons. The van der Waals surface area contributed by atoms with Gasteiger partial charge >= 0.3 is 0 Å². The van der Waals surface area contributed by atoms with E-state index in [1.54, 1.807) is 7.11 Å². The molecule has 0 bridgehead atoms. The molecule has 1 saturated carbocycles. The normalized spacial score (nSPS) is 15.6. The van der Waals surface area contributed by atoms with Crippen LogP contribution >= 0.6 is 0 Å². The summed E-state index contributed by atoms with van der Waals surface area (Å²) in [7, 11) is 5.91. The molecule has 0 atom stereocenters. The third-order valence-corrected chi connectivity index (χ3v) is 3.57. The zero-order valence-electron chi connectivity index (χ0n) is 11.7. The van der Waals surface area contributed by atoms with Crippen LogP contribution in [0.25, 0.3) is 0 Å². The van der Waals surface area contributed by atoms with Crippen LogP contribution in [-0.4, -0.2) is 32.6 Å². The first-order valence-corrected chi connectivity index (χ1v) is 6.74. The first-order valence-electron chi connectivity index (χ1n) is 6.74. The molecule has 1 aromatic carbocycles. The van der Waals surface area contributed by atoms with Crippen LogP contribution in [0.3, 0.4) is 0 Å². The number of benzene rings is 1. The van der Waals surface area contributed by atoms with E-state index in [1.165, 1.54) is 24.8 Å². The minimum atomic E-state index is 0.854. The lowest BCUT2D eigenvalue weighted by Gasteiger charge is -2.26. The summed E-state index contributed by atoms with van der Waals surface area (Å²) in [6.07, 6.45) is 4.13. The fraction of sp³-hybridized carbons (Fsp3) is 0.600. The van der Waals surface area contributed by atoms with Crippen LogP contribution in [0.2, 0.25) is 0 Å². The summed E-state index contributed by atoms with van der Waals surface area (Å²) in [6, 6.07) is 6.40. The Morgan fingerprint density at radius 3 is 2.67 bits per heavy atom. The van der Waals surface area contributed by atoms with Crippen molar-refractivity contribution in [1.82, 2.24) is 4.90 Å². The van der Waals surface area contributed by atoms with Crippen LogP contribution in [0.1, 0.15) is 24.8 Å². The largest absolute Gasteiger partial charge is 0.495 e. The molecule has 0 radical (unpaired) electrons. The third kappa shape index (κ3) is 3.39. The summed E-state index contributed by atoms with van der Waals surface area (Å²) in [5.74, 6) is 1.80. The Labute approximate surface area is 110 Å². The molecular weight excluding hydrogens is 224 g/mol. The summed E-state index contributed by atoms with van der Waals surface area (Å²) in [5, 5.41) is 3.54. The van der Waals surface area contributed by atoms with Crippen LogP contribution in [-0.2, 0) is 6.54 Å². The number of rotatable bonds is 6. The van der Waals surface area contributed by atoms with Gasteiger partial charge in [-0.2, -0.15) is 0 Å². The standard InChI is InChI=1S/C15H24N2O/c1-17(2)11-13-7-8-15(18-3)14(9-13)16-10-12-5-4-6-12/h7-9,12,16H,4-6,10-11H2,1-3H3. The molecular formula is C15H24N2O. The molecule has 1 N–H and O–H groups in total. The molecule has 0 heterocycles. The first-order chi connectivity index (χ1) is 8.69. The van der Waals surface area contributed by atoms with Crippen LogP contribution in [0.4, 0.5) is 5.69 Å². The van der Waals surface area contributed by atoms with Gasteiger partial charge in [0, 0.05) is 13.1 Å². The number of hydrogen-bond donors (Lipinski definition) is 1. The number of anilines is 1. The SMILES string of the molecule is COc1ccc(CN(C)C)cc1NCC1CCC1. The molecule has 0 saturated heterocycles. The maximum absolute atomic E-state index is 5.41. The monoisotopic (exact) mass is 248 g/mol. The van der Waals surface area contributed by atoms with E-state index < -0.39 is 0 Å². The summed E-state index contributed by atoms with van der Waals surface area (Å²) in [6.45, 7) is 2.03. The molecule has 0 spiro atoms. The van der Waals surface area contributed by atoms with Crippen molar-refractivity contribution in [1.29, 1.82) is 0 Å². The maximum atomic E-state index is 5.41. The van der Waals surface area contributed by atoms with Crippen LogP contribution in [0, 0.1) is 5.92 Å². The molecule has 1 aliphatic carbocycles. The highest BCUT2D eigenvalue weighted by Crippen LogP contribution is 2.30. The van der Waals surface area contributed by atoms with Crippen molar-refractivity contribution < 1.29 is 4.74 Å². The average molecular weight is 248 g/mol. The van der Waals surface area contributed by atoms with Crippen molar-refractivity contribution in [3.63, 3.8) is 0 Å². The molecule has 0 unspecified atom stereocenters. The van der Waals surface area contributed by atoms with E-state index >= 15 is 0 Å². The van der Waals surface area contributed by atoms with E-state index in [2.05, 4.69) is 42.5 Å². The van der Waals surface area contributed by atoms with Gasteiger partial charge in [0.05, 0.1) is 12.8 Å². The average Bonchev–Trinajstić information content (AvgIpc) is 2.26. The smallest absolute Gasteiger partial charge is 0.141 e. The van der Waals surface area contributed by atoms with E-state index in [0.717, 1.165) is 30.4 Å². The Morgan fingerprint density at radius 1 is 1.33 bits per heavy atom. The molecule has 1 fully saturated rings. The first kappa shape index (κ1) is 13.2. The molecule has 3 heteroatoms. The summed E-state index contributed by atoms with van der Waals surface area (Å²) < 4.78 is 5.41. The van der Waals surface area contributed by atoms with E-state index in [0.29, 0.717) is 0 Å².